The molecular formula is C24H25N3O3. The maximum absolute atomic E-state index is 12.9. The van der Waals surface area contributed by atoms with Crippen LogP contribution < -0.4 is 19.7 Å². The molecule has 0 spiro atoms. The molecule has 2 aromatic carbocycles. The highest BCUT2D eigenvalue weighted by atomic mass is 16.5. The molecule has 0 bridgehead atoms. The molecule has 30 heavy (non-hydrogen) atoms. The van der Waals surface area contributed by atoms with E-state index >= 15 is 0 Å². The van der Waals surface area contributed by atoms with Crippen LogP contribution in [0.1, 0.15) is 34.3 Å². The Hall–Kier alpha value is -3.28. The molecule has 1 fully saturated rings. The van der Waals surface area contributed by atoms with Crippen molar-refractivity contribution in [2.75, 3.05) is 25.7 Å². The van der Waals surface area contributed by atoms with E-state index in [9.17, 15) is 4.79 Å². The topological polar surface area (TPSA) is 63.7 Å². The second kappa shape index (κ2) is 7.52. The minimum Gasteiger partial charge on any atom is -0.493 e. The summed E-state index contributed by atoms with van der Waals surface area (Å²) in [5.41, 5.74) is 3.99. The van der Waals surface area contributed by atoms with Gasteiger partial charge in [-0.15, -0.1) is 0 Å². The highest BCUT2D eigenvalue weighted by molar-refractivity contribution is 6.07. The number of carbonyl (C=O) groups excluding carboxylic acids is 1. The Kier molecular flexibility index (Phi) is 4.69. The van der Waals surface area contributed by atoms with Gasteiger partial charge in [-0.05, 0) is 54.7 Å². The van der Waals surface area contributed by atoms with Crippen molar-refractivity contribution in [2.45, 2.75) is 31.8 Å². The number of nitrogens with one attached hydrogen (secondary N) is 1. The van der Waals surface area contributed by atoms with Gasteiger partial charge in [0.15, 0.2) is 11.5 Å². The number of hydrogen-bond donors (Lipinski definition) is 1. The first kappa shape index (κ1) is 18.7. The highest BCUT2D eigenvalue weighted by Crippen LogP contribution is 2.35. The molecule has 3 aromatic rings. The van der Waals surface area contributed by atoms with E-state index in [1.807, 2.05) is 36.4 Å². The van der Waals surface area contributed by atoms with E-state index in [-0.39, 0.29) is 5.91 Å². The number of anilines is 1. The molecule has 0 saturated heterocycles. The molecular weight excluding hydrogens is 378 g/mol. The van der Waals surface area contributed by atoms with E-state index < -0.39 is 0 Å². The van der Waals surface area contributed by atoms with E-state index in [0.29, 0.717) is 18.2 Å². The summed E-state index contributed by atoms with van der Waals surface area (Å²) in [4.78, 5) is 20.0. The molecule has 1 aliphatic carbocycles. The Morgan fingerprint density at radius 2 is 1.80 bits per heavy atom. The van der Waals surface area contributed by atoms with Gasteiger partial charge in [-0.1, -0.05) is 18.2 Å². The SMILES string of the molecule is COc1cc2c(cc1OC)CN(c1cc(C(=O)NC3CC3)c3ccccc3n1)CC2. The van der Waals surface area contributed by atoms with E-state index in [4.69, 9.17) is 14.5 Å². The number of carbonyl (C=O) groups is 1. The van der Waals surface area contributed by atoms with Gasteiger partial charge in [-0.25, -0.2) is 4.98 Å². The molecule has 1 N–H and O–H groups in total. The summed E-state index contributed by atoms with van der Waals surface area (Å²) in [6, 6.07) is 14.2. The van der Waals surface area contributed by atoms with Crippen LogP contribution in [0.3, 0.4) is 0 Å². The number of fused-ring (bicyclic) bond motifs is 2. The lowest BCUT2D eigenvalue weighted by molar-refractivity contribution is 0.0952. The minimum absolute atomic E-state index is 0.0128. The number of aromatic nitrogens is 1. The summed E-state index contributed by atoms with van der Waals surface area (Å²) in [6.45, 7) is 1.54. The number of benzene rings is 2. The second-order valence-electron chi connectivity index (χ2n) is 7.94. The van der Waals surface area contributed by atoms with Gasteiger partial charge in [-0.2, -0.15) is 0 Å². The molecule has 6 nitrogen and oxygen atoms in total. The molecule has 6 heteroatoms. The molecule has 2 heterocycles. The van der Waals surface area contributed by atoms with Gasteiger partial charge >= 0.3 is 0 Å². The Labute approximate surface area is 175 Å². The smallest absolute Gasteiger partial charge is 0.252 e. The maximum Gasteiger partial charge on any atom is 0.252 e. The van der Waals surface area contributed by atoms with E-state index in [1.54, 1.807) is 14.2 Å². The normalized spacial score (nSPS) is 15.6. The van der Waals surface area contributed by atoms with E-state index in [1.165, 1.54) is 11.1 Å². The first-order chi connectivity index (χ1) is 14.7. The monoisotopic (exact) mass is 403 g/mol. The summed E-state index contributed by atoms with van der Waals surface area (Å²) in [6.07, 6.45) is 3.01. The molecule has 1 saturated carbocycles. The third-order valence-electron chi connectivity index (χ3n) is 5.90. The van der Waals surface area contributed by atoms with Crippen LogP contribution in [0.4, 0.5) is 5.82 Å². The van der Waals surface area contributed by atoms with Gasteiger partial charge in [0, 0.05) is 24.5 Å². The van der Waals surface area contributed by atoms with Gasteiger partial charge < -0.3 is 19.7 Å². The average molecular weight is 403 g/mol. The fourth-order valence-electron chi connectivity index (χ4n) is 4.08. The summed E-state index contributed by atoms with van der Waals surface area (Å²) in [5, 5.41) is 4.01. The second-order valence-corrected chi connectivity index (χ2v) is 7.94. The minimum atomic E-state index is -0.0128. The number of methoxy groups -OCH3 is 2. The quantitative estimate of drug-likeness (QED) is 0.704. The standard InChI is InChI=1S/C24H25N3O3/c1-29-21-11-15-9-10-27(14-16(15)12-22(21)30-2)23-13-19(24(28)25-17-7-8-17)18-5-3-4-6-20(18)26-23/h3-6,11-13,17H,7-10,14H2,1-2H3,(H,25,28). The number of pyridine rings is 1. The maximum atomic E-state index is 12.9. The van der Waals surface area contributed by atoms with E-state index in [0.717, 1.165) is 54.0 Å². The van der Waals surface area contributed by atoms with Gasteiger partial charge in [0.25, 0.3) is 5.91 Å². The molecule has 5 rings (SSSR count). The third-order valence-corrected chi connectivity index (χ3v) is 5.90. The predicted octanol–water partition coefficient (Wildman–Crippen LogP) is 3.71. The number of ether oxygens (including phenoxy) is 2. The molecule has 1 amide bonds. The zero-order valence-corrected chi connectivity index (χ0v) is 17.3. The van der Waals surface area contributed by atoms with Crippen LogP contribution in [-0.4, -0.2) is 37.7 Å². The predicted molar refractivity (Wildman–Crippen MR) is 117 cm³/mol. The summed E-state index contributed by atoms with van der Waals surface area (Å²) in [7, 11) is 3.31. The van der Waals surface area contributed by atoms with Crippen LogP contribution in [0.5, 0.6) is 11.5 Å². The van der Waals surface area contributed by atoms with Gasteiger partial charge in [0.2, 0.25) is 0 Å². The molecule has 2 aliphatic rings. The lowest BCUT2D eigenvalue weighted by Gasteiger charge is -2.31. The summed E-state index contributed by atoms with van der Waals surface area (Å²) in [5.74, 6) is 2.30. The first-order valence-corrected chi connectivity index (χ1v) is 10.4. The first-order valence-electron chi connectivity index (χ1n) is 10.4. The summed E-state index contributed by atoms with van der Waals surface area (Å²) >= 11 is 0. The zero-order chi connectivity index (χ0) is 20.7. The Morgan fingerprint density at radius 3 is 2.53 bits per heavy atom. The van der Waals surface area contributed by atoms with Crippen molar-refractivity contribution in [2.24, 2.45) is 0 Å². The van der Waals surface area contributed by atoms with Crippen molar-refractivity contribution >= 4 is 22.6 Å². The lowest BCUT2D eigenvalue weighted by atomic mass is 9.98. The molecule has 0 radical (unpaired) electrons. The molecule has 0 unspecified atom stereocenters. The van der Waals surface area contributed by atoms with Crippen LogP contribution in [0.15, 0.2) is 42.5 Å². The van der Waals surface area contributed by atoms with Crippen molar-refractivity contribution in [3.63, 3.8) is 0 Å². The Balaban J connectivity index is 1.51. The number of para-hydroxylation sites is 1. The van der Waals surface area contributed by atoms with Gasteiger partial charge in [0.05, 0.1) is 25.3 Å². The zero-order valence-electron chi connectivity index (χ0n) is 17.3. The van der Waals surface area contributed by atoms with Crippen LogP contribution in [0.2, 0.25) is 0 Å². The Morgan fingerprint density at radius 1 is 1.07 bits per heavy atom. The number of nitrogens with zero attached hydrogens (tertiary/aromatic N) is 2. The number of amides is 1. The fourth-order valence-corrected chi connectivity index (χ4v) is 4.08. The fraction of sp³-hybridized carbons (Fsp3) is 0.333. The number of rotatable bonds is 5. The Bertz CT molecular complexity index is 1120. The van der Waals surface area contributed by atoms with Crippen LogP contribution >= 0.6 is 0 Å². The van der Waals surface area contributed by atoms with Gasteiger partial charge in [-0.3, -0.25) is 4.79 Å². The highest BCUT2D eigenvalue weighted by Gasteiger charge is 2.26. The largest absolute Gasteiger partial charge is 0.493 e. The van der Waals surface area contributed by atoms with Gasteiger partial charge in [0.1, 0.15) is 5.82 Å². The van der Waals surface area contributed by atoms with Crippen LogP contribution in [0.25, 0.3) is 10.9 Å². The summed E-state index contributed by atoms with van der Waals surface area (Å²) < 4.78 is 10.9. The van der Waals surface area contributed by atoms with Crippen molar-refractivity contribution < 1.29 is 14.3 Å². The van der Waals surface area contributed by atoms with E-state index in [2.05, 4.69) is 16.3 Å². The number of hydrogen-bond acceptors (Lipinski definition) is 5. The molecule has 0 atom stereocenters. The van der Waals surface area contributed by atoms with Crippen LogP contribution in [-0.2, 0) is 13.0 Å². The van der Waals surface area contributed by atoms with Crippen molar-refractivity contribution in [1.29, 1.82) is 0 Å². The molecule has 1 aliphatic heterocycles. The van der Waals surface area contributed by atoms with Crippen molar-refractivity contribution in [3.8, 4) is 11.5 Å². The van der Waals surface area contributed by atoms with Crippen LogP contribution in [0, 0.1) is 0 Å². The van der Waals surface area contributed by atoms with Crippen molar-refractivity contribution in [3.05, 3.63) is 59.2 Å². The lowest BCUT2D eigenvalue weighted by Crippen LogP contribution is -2.32. The third kappa shape index (κ3) is 3.43. The average Bonchev–Trinajstić information content (AvgIpc) is 3.60. The van der Waals surface area contributed by atoms with Crippen molar-refractivity contribution in [1.82, 2.24) is 10.3 Å². The molecule has 1 aromatic heterocycles. The molecule has 154 valence electrons.